The van der Waals surface area contributed by atoms with Crippen LogP contribution in [0.1, 0.15) is 39.8 Å². The van der Waals surface area contributed by atoms with Gasteiger partial charge in [-0.25, -0.2) is 0 Å². The maximum absolute atomic E-state index is 5.84. The van der Waals surface area contributed by atoms with Crippen molar-refractivity contribution in [2.75, 3.05) is 6.54 Å². The average molecular weight is 220 g/mol. The molecule has 90 valence electrons. The van der Waals surface area contributed by atoms with E-state index in [1.807, 2.05) is 0 Å². The molecule has 0 fully saturated rings. The fraction of sp³-hybridized carbons (Fsp3) is 0.571. The third-order valence-electron chi connectivity index (χ3n) is 3.77. The standard InChI is InChI=1S/C14H24N2/c1-9-10(2)13(6-5-7-15)12(4)14(8-16)11(9)3/h5-8,15-16H2,1-4H3. The zero-order chi connectivity index (χ0) is 12.3. The zero-order valence-corrected chi connectivity index (χ0v) is 11.0. The molecule has 0 aliphatic rings. The lowest BCUT2D eigenvalue weighted by Gasteiger charge is -2.19. The van der Waals surface area contributed by atoms with E-state index in [-0.39, 0.29) is 0 Å². The Morgan fingerprint density at radius 2 is 1.31 bits per heavy atom. The van der Waals surface area contributed by atoms with E-state index in [0.29, 0.717) is 6.54 Å². The molecule has 2 nitrogen and oxygen atoms in total. The molecule has 1 aromatic carbocycles. The van der Waals surface area contributed by atoms with Crippen LogP contribution in [0.5, 0.6) is 0 Å². The van der Waals surface area contributed by atoms with E-state index in [9.17, 15) is 0 Å². The van der Waals surface area contributed by atoms with Crippen LogP contribution in [-0.4, -0.2) is 6.54 Å². The molecule has 4 N–H and O–H groups in total. The first-order valence-corrected chi connectivity index (χ1v) is 6.02. The molecule has 0 atom stereocenters. The molecule has 1 aromatic rings. The fourth-order valence-corrected chi connectivity index (χ4v) is 2.44. The third kappa shape index (κ3) is 2.28. The molecule has 1 rings (SSSR count). The lowest BCUT2D eigenvalue weighted by Crippen LogP contribution is -2.10. The molecule has 0 bridgehead atoms. The maximum Gasteiger partial charge on any atom is 0.0183 e. The van der Waals surface area contributed by atoms with E-state index in [1.165, 1.54) is 33.4 Å². The van der Waals surface area contributed by atoms with Crippen molar-refractivity contribution >= 4 is 0 Å². The predicted molar refractivity (Wildman–Crippen MR) is 70.7 cm³/mol. The van der Waals surface area contributed by atoms with Crippen molar-refractivity contribution < 1.29 is 0 Å². The summed E-state index contributed by atoms with van der Waals surface area (Å²) >= 11 is 0. The van der Waals surface area contributed by atoms with Gasteiger partial charge in [0.25, 0.3) is 0 Å². The van der Waals surface area contributed by atoms with Gasteiger partial charge in [0, 0.05) is 6.54 Å². The second kappa shape index (κ2) is 5.46. The molecule has 0 spiro atoms. The van der Waals surface area contributed by atoms with Gasteiger partial charge in [-0.1, -0.05) is 0 Å². The molecule has 0 amide bonds. The summed E-state index contributed by atoms with van der Waals surface area (Å²) in [7, 11) is 0. The van der Waals surface area contributed by atoms with E-state index in [2.05, 4.69) is 27.7 Å². The van der Waals surface area contributed by atoms with Gasteiger partial charge in [0.05, 0.1) is 0 Å². The van der Waals surface area contributed by atoms with E-state index >= 15 is 0 Å². The van der Waals surface area contributed by atoms with Crippen LogP contribution in [-0.2, 0) is 13.0 Å². The second-order valence-electron chi connectivity index (χ2n) is 4.55. The highest BCUT2D eigenvalue weighted by Crippen LogP contribution is 2.27. The number of hydrogen-bond donors (Lipinski definition) is 2. The molecular formula is C14H24N2. The first-order valence-electron chi connectivity index (χ1n) is 6.02. The minimum atomic E-state index is 0.633. The number of hydrogen-bond acceptors (Lipinski definition) is 2. The van der Waals surface area contributed by atoms with Gasteiger partial charge in [0.2, 0.25) is 0 Å². The van der Waals surface area contributed by atoms with Gasteiger partial charge in [-0.2, -0.15) is 0 Å². The van der Waals surface area contributed by atoms with E-state index in [0.717, 1.165) is 19.4 Å². The molecule has 0 radical (unpaired) electrons. The molecule has 0 aromatic heterocycles. The smallest absolute Gasteiger partial charge is 0.0183 e. The van der Waals surface area contributed by atoms with Crippen molar-refractivity contribution in [2.24, 2.45) is 11.5 Å². The monoisotopic (exact) mass is 220 g/mol. The van der Waals surface area contributed by atoms with Crippen molar-refractivity contribution in [1.29, 1.82) is 0 Å². The summed E-state index contributed by atoms with van der Waals surface area (Å²) in [5.74, 6) is 0. The highest BCUT2D eigenvalue weighted by Gasteiger charge is 2.12. The SMILES string of the molecule is Cc1c(C)c(CN)c(C)c(CCCN)c1C. The Hall–Kier alpha value is -0.860. The Bertz CT molecular complexity index is 381. The summed E-state index contributed by atoms with van der Waals surface area (Å²) in [5.41, 5.74) is 19.7. The van der Waals surface area contributed by atoms with Gasteiger partial charge in [0.1, 0.15) is 0 Å². The highest BCUT2D eigenvalue weighted by atomic mass is 14.5. The van der Waals surface area contributed by atoms with Gasteiger partial charge < -0.3 is 11.5 Å². The van der Waals surface area contributed by atoms with Crippen molar-refractivity contribution in [2.45, 2.75) is 47.1 Å². The Morgan fingerprint density at radius 1 is 0.750 bits per heavy atom. The molecular weight excluding hydrogens is 196 g/mol. The Labute approximate surface area is 99.0 Å². The topological polar surface area (TPSA) is 52.0 Å². The minimum absolute atomic E-state index is 0.633. The quantitative estimate of drug-likeness (QED) is 0.818. The van der Waals surface area contributed by atoms with Crippen molar-refractivity contribution in [3.63, 3.8) is 0 Å². The Kier molecular flexibility index (Phi) is 4.51. The third-order valence-corrected chi connectivity index (χ3v) is 3.77. The van der Waals surface area contributed by atoms with E-state index in [1.54, 1.807) is 0 Å². The summed E-state index contributed by atoms with van der Waals surface area (Å²) < 4.78 is 0. The van der Waals surface area contributed by atoms with Gasteiger partial charge >= 0.3 is 0 Å². The van der Waals surface area contributed by atoms with Crippen LogP contribution < -0.4 is 11.5 Å². The second-order valence-corrected chi connectivity index (χ2v) is 4.55. The van der Waals surface area contributed by atoms with E-state index in [4.69, 9.17) is 11.5 Å². The summed E-state index contributed by atoms with van der Waals surface area (Å²) in [6, 6.07) is 0. The van der Waals surface area contributed by atoms with Gasteiger partial charge in [-0.05, 0) is 80.5 Å². The van der Waals surface area contributed by atoms with Crippen LogP contribution in [0.4, 0.5) is 0 Å². The first kappa shape index (κ1) is 13.2. The number of benzene rings is 1. The number of nitrogens with two attached hydrogens (primary N) is 2. The lowest BCUT2D eigenvalue weighted by atomic mass is 9.87. The molecule has 0 aliphatic heterocycles. The molecule has 16 heavy (non-hydrogen) atoms. The Morgan fingerprint density at radius 3 is 1.81 bits per heavy atom. The zero-order valence-electron chi connectivity index (χ0n) is 11.0. The lowest BCUT2D eigenvalue weighted by molar-refractivity contribution is 0.815. The summed E-state index contributed by atoms with van der Waals surface area (Å²) in [5, 5.41) is 0. The first-order chi connectivity index (χ1) is 7.54. The fourth-order valence-electron chi connectivity index (χ4n) is 2.44. The molecule has 2 heteroatoms. The number of rotatable bonds is 4. The van der Waals surface area contributed by atoms with Gasteiger partial charge in [-0.15, -0.1) is 0 Å². The maximum atomic E-state index is 5.84. The van der Waals surface area contributed by atoms with Crippen LogP contribution in [0.15, 0.2) is 0 Å². The molecule has 0 unspecified atom stereocenters. The normalized spacial score (nSPS) is 10.9. The minimum Gasteiger partial charge on any atom is -0.330 e. The van der Waals surface area contributed by atoms with Crippen LogP contribution in [0.25, 0.3) is 0 Å². The van der Waals surface area contributed by atoms with Crippen LogP contribution in [0, 0.1) is 27.7 Å². The summed E-state index contributed by atoms with van der Waals surface area (Å²) in [4.78, 5) is 0. The molecule has 0 heterocycles. The molecule has 0 saturated carbocycles. The van der Waals surface area contributed by atoms with Crippen LogP contribution >= 0.6 is 0 Å². The molecule has 0 aliphatic carbocycles. The van der Waals surface area contributed by atoms with Crippen LogP contribution in [0.3, 0.4) is 0 Å². The largest absolute Gasteiger partial charge is 0.330 e. The Balaban J connectivity index is 3.31. The van der Waals surface area contributed by atoms with Crippen molar-refractivity contribution in [3.05, 3.63) is 33.4 Å². The average Bonchev–Trinajstić information content (AvgIpc) is 2.27. The van der Waals surface area contributed by atoms with Crippen molar-refractivity contribution in [3.8, 4) is 0 Å². The summed E-state index contributed by atoms with van der Waals surface area (Å²) in [6.07, 6.45) is 2.12. The van der Waals surface area contributed by atoms with Gasteiger partial charge in [0.15, 0.2) is 0 Å². The van der Waals surface area contributed by atoms with Crippen molar-refractivity contribution in [1.82, 2.24) is 0 Å². The van der Waals surface area contributed by atoms with E-state index < -0.39 is 0 Å². The molecule has 0 saturated heterocycles. The van der Waals surface area contributed by atoms with Crippen LogP contribution in [0.2, 0.25) is 0 Å². The summed E-state index contributed by atoms with van der Waals surface area (Å²) in [6.45, 7) is 10.1. The predicted octanol–water partition coefficient (Wildman–Crippen LogP) is 2.27. The van der Waals surface area contributed by atoms with Gasteiger partial charge in [-0.3, -0.25) is 0 Å². The highest BCUT2D eigenvalue weighted by molar-refractivity contribution is 5.50.